The van der Waals surface area contributed by atoms with Crippen LogP contribution in [-0.4, -0.2) is 23.5 Å². The van der Waals surface area contributed by atoms with E-state index in [-0.39, 0.29) is 18.5 Å². The smallest absolute Gasteiger partial charge is 0.271 e. The van der Waals surface area contributed by atoms with Crippen molar-refractivity contribution in [3.63, 3.8) is 0 Å². The van der Waals surface area contributed by atoms with Crippen molar-refractivity contribution in [3.05, 3.63) is 29.6 Å². The van der Waals surface area contributed by atoms with Crippen LogP contribution >= 0.6 is 0 Å². The summed E-state index contributed by atoms with van der Waals surface area (Å²) in [5, 5.41) is 2.98. The number of amides is 1. The van der Waals surface area contributed by atoms with Crippen LogP contribution in [0.4, 0.5) is 0 Å². The predicted molar refractivity (Wildman–Crippen MR) is 74.4 cm³/mol. The van der Waals surface area contributed by atoms with Crippen molar-refractivity contribution < 1.29 is 4.79 Å². The van der Waals surface area contributed by atoms with Gasteiger partial charge >= 0.3 is 0 Å². The highest BCUT2D eigenvalue weighted by Gasteiger charge is 2.24. The van der Waals surface area contributed by atoms with Gasteiger partial charge in [0.05, 0.1) is 12.1 Å². The third kappa shape index (κ3) is 4.08. The van der Waals surface area contributed by atoms with Crippen LogP contribution in [0.25, 0.3) is 0 Å². The lowest BCUT2D eigenvalue weighted by Gasteiger charge is -2.13. The number of rotatable bonds is 4. The molecule has 1 unspecified atom stereocenters. The number of carbonyl (C=O) groups excluding carboxylic acids is 1. The molecule has 1 amide bonds. The van der Waals surface area contributed by atoms with Gasteiger partial charge in [-0.1, -0.05) is 24.7 Å². The van der Waals surface area contributed by atoms with Crippen molar-refractivity contribution in [3.8, 4) is 11.8 Å². The van der Waals surface area contributed by atoms with Crippen LogP contribution in [0.15, 0.2) is 18.3 Å². The molecule has 4 nitrogen and oxygen atoms in total. The zero-order valence-electron chi connectivity index (χ0n) is 11.1. The topological polar surface area (TPSA) is 68.0 Å². The quantitative estimate of drug-likeness (QED) is 0.799. The highest BCUT2D eigenvalue weighted by atomic mass is 16.1. The van der Waals surface area contributed by atoms with E-state index in [4.69, 9.17) is 5.73 Å². The summed E-state index contributed by atoms with van der Waals surface area (Å²) in [7, 11) is 0. The van der Waals surface area contributed by atoms with E-state index in [9.17, 15) is 4.79 Å². The van der Waals surface area contributed by atoms with Crippen molar-refractivity contribution in [1.29, 1.82) is 0 Å². The van der Waals surface area contributed by atoms with Gasteiger partial charge in [0.1, 0.15) is 5.69 Å². The Morgan fingerprint density at radius 2 is 2.42 bits per heavy atom. The molecular weight excluding hydrogens is 238 g/mol. The molecule has 3 N–H and O–H groups in total. The first kappa shape index (κ1) is 13.6. The van der Waals surface area contributed by atoms with Crippen LogP contribution < -0.4 is 11.1 Å². The van der Waals surface area contributed by atoms with Gasteiger partial charge in [-0.25, -0.2) is 4.98 Å². The van der Waals surface area contributed by atoms with Crippen LogP contribution in [0.3, 0.4) is 0 Å². The molecule has 1 aromatic rings. The SMILES string of the molecule is CC(CC1CC1)NC(=O)c1ncccc1C#CCN. The summed E-state index contributed by atoms with van der Waals surface area (Å²) < 4.78 is 0. The summed E-state index contributed by atoms with van der Waals surface area (Å²) in [6, 6.07) is 3.73. The first-order chi connectivity index (χ1) is 9.20. The molecule has 1 fully saturated rings. The van der Waals surface area contributed by atoms with Gasteiger partial charge in [0, 0.05) is 12.2 Å². The van der Waals surface area contributed by atoms with Gasteiger partial charge in [-0.15, -0.1) is 0 Å². The molecule has 2 rings (SSSR count). The Morgan fingerprint density at radius 1 is 1.63 bits per heavy atom. The van der Waals surface area contributed by atoms with Gasteiger partial charge < -0.3 is 11.1 Å². The molecule has 19 heavy (non-hydrogen) atoms. The lowest BCUT2D eigenvalue weighted by Crippen LogP contribution is -2.33. The van der Waals surface area contributed by atoms with Crippen molar-refractivity contribution in [1.82, 2.24) is 10.3 Å². The van der Waals surface area contributed by atoms with Crippen LogP contribution in [0.5, 0.6) is 0 Å². The summed E-state index contributed by atoms with van der Waals surface area (Å²) >= 11 is 0. The summed E-state index contributed by atoms with van der Waals surface area (Å²) in [5.74, 6) is 6.27. The molecule has 0 aliphatic heterocycles. The second-order valence-electron chi connectivity index (χ2n) is 4.96. The number of aromatic nitrogens is 1. The Morgan fingerprint density at radius 3 is 3.11 bits per heavy atom. The van der Waals surface area contributed by atoms with Gasteiger partial charge in [0.15, 0.2) is 0 Å². The number of nitrogens with one attached hydrogen (secondary N) is 1. The zero-order chi connectivity index (χ0) is 13.7. The average Bonchev–Trinajstić information content (AvgIpc) is 3.20. The molecule has 1 aliphatic rings. The third-order valence-electron chi connectivity index (χ3n) is 3.11. The minimum atomic E-state index is -0.157. The van der Waals surface area contributed by atoms with E-state index in [1.54, 1.807) is 18.3 Å². The molecule has 0 saturated heterocycles. The molecule has 4 heteroatoms. The average molecular weight is 257 g/mol. The molecule has 0 radical (unpaired) electrons. The van der Waals surface area contributed by atoms with E-state index < -0.39 is 0 Å². The number of nitrogens with zero attached hydrogens (tertiary/aromatic N) is 1. The molecule has 1 atom stereocenters. The summed E-state index contributed by atoms with van der Waals surface area (Å²) in [5.41, 5.74) is 6.36. The Bertz CT molecular complexity index is 512. The molecule has 0 aromatic carbocycles. The maximum atomic E-state index is 12.2. The predicted octanol–water partition coefficient (Wildman–Crippen LogP) is 1.31. The van der Waals surface area contributed by atoms with Crippen molar-refractivity contribution in [2.75, 3.05) is 6.54 Å². The fraction of sp³-hybridized carbons (Fsp3) is 0.467. The minimum absolute atomic E-state index is 0.157. The van der Waals surface area contributed by atoms with Crippen LogP contribution in [-0.2, 0) is 0 Å². The normalized spacial score (nSPS) is 15.3. The number of hydrogen-bond donors (Lipinski definition) is 2. The van der Waals surface area contributed by atoms with Crippen molar-refractivity contribution in [2.45, 2.75) is 32.2 Å². The molecular formula is C15H19N3O. The molecule has 1 aliphatic carbocycles. The second-order valence-corrected chi connectivity index (χ2v) is 4.96. The van der Waals surface area contributed by atoms with E-state index >= 15 is 0 Å². The van der Waals surface area contributed by atoms with E-state index in [0.717, 1.165) is 12.3 Å². The van der Waals surface area contributed by atoms with Crippen LogP contribution in [0.1, 0.15) is 42.2 Å². The van der Waals surface area contributed by atoms with Gasteiger partial charge in [0.2, 0.25) is 0 Å². The maximum absolute atomic E-state index is 12.2. The van der Waals surface area contributed by atoms with Gasteiger partial charge in [-0.05, 0) is 31.4 Å². The fourth-order valence-electron chi connectivity index (χ4n) is 2.04. The van der Waals surface area contributed by atoms with Gasteiger partial charge in [0.25, 0.3) is 5.91 Å². The molecule has 1 aromatic heterocycles. The number of hydrogen-bond acceptors (Lipinski definition) is 3. The Balaban J connectivity index is 2.04. The highest BCUT2D eigenvalue weighted by Crippen LogP contribution is 2.33. The van der Waals surface area contributed by atoms with Gasteiger partial charge in [-0.2, -0.15) is 0 Å². The summed E-state index contributed by atoms with van der Waals surface area (Å²) in [6.45, 7) is 2.30. The maximum Gasteiger partial charge on any atom is 0.271 e. The number of pyridine rings is 1. The summed E-state index contributed by atoms with van der Waals surface area (Å²) in [6.07, 6.45) is 5.23. The Kier molecular flexibility index (Phi) is 4.53. The van der Waals surface area contributed by atoms with Crippen LogP contribution in [0.2, 0.25) is 0 Å². The van der Waals surface area contributed by atoms with Crippen LogP contribution in [0, 0.1) is 17.8 Å². The van der Waals surface area contributed by atoms with Gasteiger partial charge in [-0.3, -0.25) is 4.79 Å². The second kappa shape index (κ2) is 6.35. The van der Waals surface area contributed by atoms with E-state index in [0.29, 0.717) is 11.3 Å². The van der Waals surface area contributed by atoms with E-state index in [1.165, 1.54) is 12.8 Å². The Labute approximate surface area is 113 Å². The lowest BCUT2D eigenvalue weighted by molar-refractivity contribution is 0.0932. The standard InChI is InChI=1S/C15H19N3O/c1-11(10-12-6-7-12)18-15(19)14-13(4-2-8-16)5-3-9-17-14/h3,5,9,11-12H,6-8,10,16H2,1H3,(H,18,19). The van der Waals surface area contributed by atoms with E-state index in [2.05, 4.69) is 22.1 Å². The molecule has 100 valence electrons. The first-order valence-electron chi connectivity index (χ1n) is 6.65. The van der Waals surface area contributed by atoms with Crippen molar-refractivity contribution >= 4 is 5.91 Å². The number of nitrogens with two attached hydrogens (primary N) is 1. The lowest BCUT2D eigenvalue weighted by atomic mass is 10.1. The number of carbonyl (C=O) groups is 1. The molecule has 1 heterocycles. The summed E-state index contributed by atoms with van der Waals surface area (Å²) in [4.78, 5) is 16.3. The fourth-order valence-corrected chi connectivity index (χ4v) is 2.04. The van der Waals surface area contributed by atoms with Crippen molar-refractivity contribution in [2.24, 2.45) is 11.7 Å². The molecule has 0 bridgehead atoms. The van der Waals surface area contributed by atoms with E-state index in [1.807, 2.05) is 6.92 Å². The first-order valence-corrected chi connectivity index (χ1v) is 6.65. The third-order valence-corrected chi connectivity index (χ3v) is 3.11. The molecule has 0 spiro atoms. The highest BCUT2D eigenvalue weighted by molar-refractivity contribution is 5.94. The zero-order valence-corrected chi connectivity index (χ0v) is 11.1. The Hall–Kier alpha value is -1.86. The monoisotopic (exact) mass is 257 g/mol. The molecule has 1 saturated carbocycles. The largest absolute Gasteiger partial charge is 0.348 e. The minimum Gasteiger partial charge on any atom is -0.348 e.